The van der Waals surface area contributed by atoms with Gasteiger partial charge in [-0.05, 0) is 0 Å². The van der Waals surface area contributed by atoms with E-state index >= 15 is 0 Å². The van der Waals surface area contributed by atoms with Gasteiger partial charge in [0.1, 0.15) is 13.3 Å². The number of fused-ring (bicyclic) bond motifs is 1. The molecule has 0 fully saturated rings. The minimum absolute atomic E-state index is 0.752. The van der Waals surface area contributed by atoms with E-state index in [1.807, 2.05) is 4.90 Å². The standard InChI is InChI=1S/C4H7N5/c1-4-8-7-3-9(4)2-6-5-1/h1,6-7H,2-3H2. The van der Waals surface area contributed by atoms with E-state index in [-0.39, 0.29) is 0 Å². The highest BCUT2D eigenvalue weighted by Crippen LogP contribution is 1.95. The summed E-state index contributed by atoms with van der Waals surface area (Å²) in [5.74, 6) is 0.911. The van der Waals surface area contributed by atoms with Crippen molar-refractivity contribution >= 4 is 12.1 Å². The maximum absolute atomic E-state index is 3.96. The van der Waals surface area contributed by atoms with Gasteiger partial charge in [0, 0.05) is 0 Å². The van der Waals surface area contributed by atoms with Crippen molar-refractivity contribution in [3.8, 4) is 0 Å². The first-order valence-corrected chi connectivity index (χ1v) is 2.78. The lowest BCUT2D eigenvalue weighted by molar-refractivity contribution is 0.388. The maximum Gasteiger partial charge on any atom is 0.171 e. The van der Waals surface area contributed by atoms with Gasteiger partial charge in [-0.2, -0.15) is 10.2 Å². The lowest BCUT2D eigenvalue weighted by atomic mass is 10.5. The normalized spacial score (nSPS) is 22.2. The minimum atomic E-state index is 0.752. The van der Waals surface area contributed by atoms with Crippen molar-refractivity contribution in [2.45, 2.75) is 0 Å². The Morgan fingerprint density at radius 1 is 1.44 bits per heavy atom. The summed E-state index contributed by atoms with van der Waals surface area (Å²) in [6.45, 7) is 1.54. The molecule has 5 nitrogen and oxygen atoms in total. The van der Waals surface area contributed by atoms with Crippen LogP contribution in [0.4, 0.5) is 0 Å². The number of rotatable bonds is 0. The summed E-state index contributed by atoms with van der Waals surface area (Å²) in [4.78, 5) is 2.05. The predicted molar refractivity (Wildman–Crippen MR) is 33.8 cm³/mol. The van der Waals surface area contributed by atoms with Gasteiger partial charge in [-0.3, -0.25) is 10.9 Å². The van der Waals surface area contributed by atoms with E-state index in [4.69, 9.17) is 0 Å². The molecule has 0 spiro atoms. The van der Waals surface area contributed by atoms with E-state index in [1.54, 1.807) is 6.21 Å². The summed E-state index contributed by atoms with van der Waals surface area (Å²) in [6.07, 6.45) is 1.70. The van der Waals surface area contributed by atoms with Gasteiger partial charge in [0.15, 0.2) is 5.84 Å². The Morgan fingerprint density at radius 2 is 2.33 bits per heavy atom. The summed E-state index contributed by atoms with van der Waals surface area (Å²) >= 11 is 0. The topological polar surface area (TPSA) is 52.0 Å². The van der Waals surface area contributed by atoms with E-state index < -0.39 is 0 Å². The molecule has 0 amide bonds. The molecule has 2 rings (SSSR count). The van der Waals surface area contributed by atoms with Crippen LogP contribution in [0.5, 0.6) is 0 Å². The average Bonchev–Trinajstić information content (AvgIpc) is 2.33. The summed E-state index contributed by atoms with van der Waals surface area (Å²) < 4.78 is 0. The fourth-order valence-electron chi connectivity index (χ4n) is 0.830. The van der Waals surface area contributed by atoms with Gasteiger partial charge in [0.2, 0.25) is 0 Å². The molecule has 5 heteroatoms. The highest BCUT2D eigenvalue weighted by molar-refractivity contribution is 6.29. The van der Waals surface area contributed by atoms with Crippen molar-refractivity contribution in [3.05, 3.63) is 0 Å². The molecule has 0 aromatic rings. The summed E-state index contributed by atoms with van der Waals surface area (Å²) in [5, 5.41) is 7.79. The maximum atomic E-state index is 3.96. The molecule has 0 radical (unpaired) electrons. The molecule has 0 aromatic heterocycles. The Labute approximate surface area is 52.4 Å². The van der Waals surface area contributed by atoms with Crippen LogP contribution < -0.4 is 10.9 Å². The third kappa shape index (κ3) is 0.611. The van der Waals surface area contributed by atoms with Crippen molar-refractivity contribution in [3.63, 3.8) is 0 Å². The number of nitrogens with one attached hydrogen (secondary N) is 2. The smallest absolute Gasteiger partial charge is 0.171 e. The monoisotopic (exact) mass is 125 g/mol. The van der Waals surface area contributed by atoms with Gasteiger partial charge >= 0.3 is 0 Å². The highest BCUT2D eigenvalue weighted by atomic mass is 15.5. The minimum Gasteiger partial charge on any atom is -0.316 e. The summed E-state index contributed by atoms with van der Waals surface area (Å²) in [7, 11) is 0. The van der Waals surface area contributed by atoms with E-state index in [0.29, 0.717) is 0 Å². The Bertz CT molecular complexity index is 172. The molecule has 0 unspecified atom stereocenters. The van der Waals surface area contributed by atoms with Gasteiger partial charge in [0.25, 0.3) is 0 Å². The molecule has 9 heavy (non-hydrogen) atoms. The van der Waals surface area contributed by atoms with Crippen molar-refractivity contribution in [1.82, 2.24) is 15.8 Å². The zero-order valence-corrected chi connectivity index (χ0v) is 4.83. The SMILES string of the molecule is C1=NNCN2CNN=C12. The van der Waals surface area contributed by atoms with Crippen molar-refractivity contribution < 1.29 is 0 Å². The molecular weight excluding hydrogens is 118 g/mol. The molecule has 0 bridgehead atoms. The molecule has 2 N–H and O–H groups in total. The van der Waals surface area contributed by atoms with E-state index in [1.165, 1.54) is 0 Å². The quantitative estimate of drug-likeness (QED) is 0.423. The van der Waals surface area contributed by atoms with E-state index in [9.17, 15) is 0 Å². The van der Waals surface area contributed by atoms with Gasteiger partial charge in [0.05, 0.1) is 6.21 Å². The Kier molecular flexibility index (Phi) is 0.824. The molecule has 2 heterocycles. The number of amidine groups is 1. The molecule has 48 valence electrons. The molecule has 0 aromatic carbocycles. The molecule has 2 aliphatic rings. The fraction of sp³-hybridized carbons (Fsp3) is 0.500. The zero-order valence-electron chi connectivity index (χ0n) is 4.83. The third-order valence-electron chi connectivity index (χ3n) is 1.31. The molecule has 2 aliphatic heterocycles. The number of hydrogen-bond acceptors (Lipinski definition) is 5. The van der Waals surface area contributed by atoms with Gasteiger partial charge in [-0.1, -0.05) is 0 Å². The first-order chi connectivity index (χ1) is 4.47. The molecule has 0 saturated heterocycles. The largest absolute Gasteiger partial charge is 0.316 e. The van der Waals surface area contributed by atoms with Crippen molar-refractivity contribution in [2.75, 3.05) is 13.3 Å². The van der Waals surface area contributed by atoms with Crippen LogP contribution in [0.15, 0.2) is 10.2 Å². The predicted octanol–water partition coefficient (Wildman–Crippen LogP) is -1.29. The lowest BCUT2D eigenvalue weighted by Crippen LogP contribution is -2.40. The average molecular weight is 125 g/mol. The van der Waals surface area contributed by atoms with Crippen LogP contribution in [0.2, 0.25) is 0 Å². The Hall–Kier alpha value is -1.26. The third-order valence-corrected chi connectivity index (χ3v) is 1.31. The second-order valence-electron chi connectivity index (χ2n) is 1.90. The van der Waals surface area contributed by atoms with Gasteiger partial charge in [-0.25, -0.2) is 0 Å². The van der Waals surface area contributed by atoms with Gasteiger partial charge in [-0.15, -0.1) is 0 Å². The molecular formula is C4H7N5. The van der Waals surface area contributed by atoms with Crippen LogP contribution in [-0.4, -0.2) is 30.3 Å². The Morgan fingerprint density at radius 3 is 3.22 bits per heavy atom. The summed E-state index contributed by atoms with van der Waals surface area (Å²) in [6, 6.07) is 0. The Balaban J connectivity index is 2.24. The number of hydrazone groups is 2. The van der Waals surface area contributed by atoms with Crippen LogP contribution in [0.3, 0.4) is 0 Å². The first kappa shape index (κ1) is 4.60. The van der Waals surface area contributed by atoms with Crippen molar-refractivity contribution in [2.24, 2.45) is 10.2 Å². The molecule has 0 atom stereocenters. The fourth-order valence-corrected chi connectivity index (χ4v) is 0.830. The lowest BCUT2D eigenvalue weighted by Gasteiger charge is -2.18. The molecule has 0 aliphatic carbocycles. The second kappa shape index (κ2) is 1.61. The van der Waals surface area contributed by atoms with Crippen LogP contribution in [-0.2, 0) is 0 Å². The van der Waals surface area contributed by atoms with E-state index in [0.717, 1.165) is 19.2 Å². The number of hydrogen-bond donors (Lipinski definition) is 2. The van der Waals surface area contributed by atoms with Crippen LogP contribution in [0.1, 0.15) is 0 Å². The zero-order chi connectivity index (χ0) is 6.10. The second-order valence-corrected chi connectivity index (χ2v) is 1.90. The van der Waals surface area contributed by atoms with Gasteiger partial charge < -0.3 is 4.90 Å². The van der Waals surface area contributed by atoms with Crippen LogP contribution in [0.25, 0.3) is 0 Å². The summed E-state index contributed by atoms with van der Waals surface area (Å²) in [5.41, 5.74) is 5.68. The number of nitrogens with zero attached hydrogens (tertiary/aromatic N) is 3. The molecule has 0 saturated carbocycles. The van der Waals surface area contributed by atoms with Crippen LogP contribution in [0, 0.1) is 0 Å². The van der Waals surface area contributed by atoms with Crippen molar-refractivity contribution in [1.29, 1.82) is 0 Å². The van der Waals surface area contributed by atoms with E-state index in [2.05, 4.69) is 21.1 Å². The first-order valence-electron chi connectivity index (χ1n) is 2.78. The highest BCUT2D eigenvalue weighted by Gasteiger charge is 2.16. The van der Waals surface area contributed by atoms with Crippen LogP contribution >= 0.6 is 0 Å².